The molecule has 1 aromatic carbocycles. The van der Waals surface area contributed by atoms with Gasteiger partial charge in [0.1, 0.15) is 5.82 Å². The monoisotopic (exact) mass is 407 g/mol. The Kier molecular flexibility index (Phi) is 5.38. The molecule has 0 N–H and O–H groups in total. The van der Waals surface area contributed by atoms with Crippen LogP contribution < -0.4 is 0 Å². The summed E-state index contributed by atoms with van der Waals surface area (Å²) in [6.07, 6.45) is 0. The molecule has 1 heterocycles. The van der Waals surface area contributed by atoms with Crippen LogP contribution in [-0.4, -0.2) is 28.5 Å². The largest absolute Gasteiger partial charge is 0.383 e. The second-order valence-corrected chi connectivity index (χ2v) is 5.61. The molecule has 102 valence electrons. The third-order valence-corrected chi connectivity index (χ3v) is 4.46. The van der Waals surface area contributed by atoms with E-state index in [1.165, 1.54) is 0 Å². The number of hydrogen-bond acceptors (Lipinski definition) is 3. The maximum Gasteiger partial charge on any atom is 0.165 e. The van der Waals surface area contributed by atoms with Crippen molar-refractivity contribution in [3.8, 4) is 11.4 Å². The minimum atomic E-state index is 0.594. The van der Waals surface area contributed by atoms with Crippen LogP contribution in [0.5, 0.6) is 0 Å². The Morgan fingerprint density at radius 3 is 2.84 bits per heavy atom. The number of nitrogens with zero attached hydrogens (tertiary/aromatic N) is 3. The van der Waals surface area contributed by atoms with Gasteiger partial charge in [-0.1, -0.05) is 33.6 Å². The maximum absolute atomic E-state index is 6.32. The number of aromatic nitrogens is 3. The molecule has 0 saturated heterocycles. The van der Waals surface area contributed by atoms with E-state index in [2.05, 4.69) is 42.1 Å². The maximum atomic E-state index is 6.32. The van der Waals surface area contributed by atoms with Gasteiger partial charge >= 0.3 is 0 Å². The van der Waals surface area contributed by atoms with Gasteiger partial charge in [0, 0.05) is 23.7 Å². The van der Waals surface area contributed by atoms with Crippen molar-refractivity contribution in [1.29, 1.82) is 0 Å². The fourth-order valence-electron chi connectivity index (χ4n) is 1.73. The summed E-state index contributed by atoms with van der Waals surface area (Å²) in [6, 6.07) is 5.75. The molecule has 0 spiro atoms. The van der Waals surface area contributed by atoms with Gasteiger partial charge in [-0.15, -0.1) is 10.2 Å². The summed E-state index contributed by atoms with van der Waals surface area (Å²) in [5, 5.41) is 9.67. The van der Waals surface area contributed by atoms with Crippen LogP contribution >= 0.6 is 43.5 Å². The lowest BCUT2D eigenvalue weighted by molar-refractivity contribution is 0.187. The van der Waals surface area contributed by atoms with Crippen molar-refractivity contribution < 1.29 is 4.74 Å². The molecule has 19 heavy (non-hydrogen) atoms. The van der Waals surface area contributed by atoms with Crippen LogP contribution in [0, 0.1) is 0 Å². The number of alkyl halides is 1. The number of halogens is 3. The molecule has 0 aliphatic carbocycles. The van der Waals surface area contributed by atoms with Crippen LogP contribution in [0.2, 0.25) is 5.02 Å². The highest BCUT2D eigenvalue weighted by atomic mass is 79.9. The SMILES string of the molecule is COCCn1c(CBr)nnc1-c1cccc(Br)c1Cl. The van der Waals surface area contributed by atoms with Gasteiger partial charge in [-0.25, -0.2) is 0 Å². The fraction of sp³-hybridized carbons (Fsp3) is 0.333. The first-order chi connectivity index (χ1) is 9.19. The van der Waals surface area contributed by atoms with Gasteiger partial charge in [-0.3, -0.25) is 0 Å². The van der Waals surface area contributed by atoms with Gasteiger partial charge in [0.05, 0.1) is 17.0 Å². The molecule has 0 aliphatic heterocycles. The van der Waals surface area contributed by atoms with Gasteiger partial charge < -0.3 is 9.30 Å². The molecule has 0 unspecified atom stereocenters. The molecule has 0 fully saturated rings. The highest BCUT2D eigenvalue weighted by molar-refractivity contribution is 9.10. The Bertz CT molecular complexity index is 574. The van der Waals surface area contributed by atoms with Crippen molar-refractivity contribution in [2.24, 2.45) is 0 Å². The number of hydrogen-bond donors (Lipinski definition) is 0. The first-order valence-corrected chi connectivity index (χ1v) is 7.89. The molecule has 2 rings (SSSR count). The molecule has 0 amide bonds. The summed E-state index contributed by atoms with van der Waals surface area (Å²) >= 11 is 13.1. The van der Waals surface area contributed by atoms with Crippen molar-refractivity contribution in [3.05, 3.63) is 33.5 Å². The number of methoxy groups -OCH3 is 1. The lowest BCUT2D eigenvalue weighted by Gasteiger charge is -2.10. The molecule has 7 heteroatoms. The summed E-state index contributed by atoms with van der Waals surface area (Å²) in [5.74, 6) is 1.60. The Balaban J connectivity index is 2.49. The van der Waals surface area contributed by atoms with E-state index in [9.17, 15) is 0 Å². The molecule has 1 aromatic heterocycles. The van der Waals surface area contributed by atoms with E-state index in [0.29, 0.717) is 23.5 Å². The van der Waals surface area contributed by atoms with E-state index in [4.69, 9.17) is 16.3 Å². The van der Waals surface area contributed by atoms with Crippen LogP contribution in [0.15, 0.2) is 22.7 Å². The van der Waals surface area contributed by atoms with E-state index < -0.39 is 0 Å². The van der Waals surface area contributed by atoms with Crippen LogP contribution in [-0.2, 0) is 16.6 Å². The molecule has 0 radical (unpaired) electrons. The topological polar surface area (TPSA) is 39.9 Å². The summed E-state index contributed by atoms with van der Waals surface area (Å²) in [7, 11) is 1.67. The van der Waals surface area contributed by atoms with Crippen molar-refractivity contribution in [3.63, 3.8) is 0 Å². The molecular formula is C12H12Br2ClN3O. The number of ether oxygens (including phenoxy) is 1. The zero-order valence-corrected chi connectivity index (χ0v) is 14.2. The number of rotatable bonds is 5. The van der Waals surface area contributed by atoms with Crippen molar-refractivity contribution in [2.75, 3.05) is 13.7 Å². The third kappa shape index (κ3) is 3.18. The number of benzene rings is 1. The molecular weight excluding hydrogens is 397 g/mol. The highest BCUT2D eigenvalue weighted by Gasteiger charge is 2.16. The van der Waals surface area contributed by atoms with Gasteiger partial charge in [-0.05, 0) is 28.1 Å². The lowest BCUT2D eigenvalue weighted by atomic mass is 10.2. The molecule has 0 bridgehead atoms. The summed E-state index contributed by atoms with van der Waals surface area (Å²) in [4.78, 5) is 0. The minimum Gasteiger partial charge on any atom is -0.383 e. The van der Waals surface area contributed by atoms with Crippen LogP contribution in [0.4, 0.5) is 0 Å². The third-order valence-electron chi connectivity index (χ3n) is 2.66. The van der Waals surface area contributed by atoms with Crippen LogP contribution in [0.25, 0.3) is 11.4 Å². The summed E-state index contributed by atoms with van der Waals surface area (Å²) < 4.78 is 7.97. The van der Waals surface area contributed by atoms with Gasteiger partial charge in [0.2, 0.25) is 0 Å². The zero-order chi connectivity index (χ0) is 13.8. The predicted molar refractivity (Wildman–Crippen MR) is 82.7 cm³/mol. The first-order valence-electron chi connectivity index (χ1n) is 5.60. The van der Waals surface area contributed by atoms with Crippen molar-refractivity contribution in [2.45, 2.75) is 11.9 Å². The second-order valence-electron chi connectivity index (χ2n) is 3.82. The Morgan fingerprint density at radius 1 is 1.37 bits per heavy atom. The quantitative estimate of drug-likeness (QED) is 0.703. The molecule has 2 aromatic rings. The Labute approximate surface area is 133 Å². The van der Waals surface area contributed by atoms with E-state index in [1.807, 2.05) is 22.8 Å². The van der Waals surface area contributed by atoms with Gasteiger partial charge in [0.25, 0.3) is 0 Å². The van der Waals surface area contributed by atoms with E-state index in [1.54, 1.807) is 7.11 Å². The Hall–Kier alpha value is -0.430. The lowest BCUT2D eigenvalue weighted by Crippen LogP contribution is -2.09. The van der Waals surface area contributed by atoms with E-state index >= 15 is 0 Å². The van der Waals surface area contributed by atoms with Crippen molar-refractivity contribution in [1.82, 2.24) is 14.8 Å². The average Bonchev–Trinajstić information content (AvgIpc) is 2.82. The smallest absolute Gasteiger partial charge is 0.165 e. The first kappa shape index (κ1) is 15.0. The van der Waals surface area contributed by atoms with Crippen LogP contribution in [0.3, 0.4) is 0 Å². The van der Waals surface area contributed by atoms with E-state index in [0.717, 1.165) is 21.7 Å². The predicted octanol–water partition coefficient (Wildman–Crippen LogP) is 3.90. The molecule has 4 nitrogen and oxygen atoms in total. The summed E-state index contributed by atoms with van der Waals surface area (Å²) in [5.41, 5.74) is 0.854. The second kappa shape index (κ2) is 6.83. The van der Waals surface area contributed by atoms with Crippen LogP contribution in [0.1, 0.15) is 5.82 Å². The normalized spacial score (nSPS) is 10.9. The average molecular weight is 410 g/mol. The minimum absolute atomic E-state index is 0.594. The zero-order valence-electron chi connectivity index (χ0n) is 10.2. The summed E-state index contributed by atoms with van der Waals surface area (Å²) in [6.45, 7) is 1.28. The Morgan fingerprint density at radius 2 is 2.16 bits per heavy atom. The van der Waals surface area contributed by atoms with Crippen molar-refractivity contribution >= 4 is 43.5 Å². The standard InChI is InChI=1S/C12H12Br2ClN3O/c1-19-6-5-18-10(7-13)16-17-12(18)8-3-2-4-9(14)11(8)15/h2-4H,5-7H2,1H3. The van der Waals surface area contributed by atoms with E-state index in [-0.39, 0.29) is 0 Å². The molecule has 0 atom stereocenters. The molecule has 0 aliphatic rings. The molecule has 0 saturated carbocycles. The highest BCUT2D eigenvalue weighted by Crippen LogP contribution is 2.33. The van der Waals surface area contributed by atoms with Gasteiger partial charge in [-0.2, -0.15) is 0 Å². The van der Waals surface area contributed by atoms with Gasteiger partial charge in [0.15, 0.2) is 5.82 Å². The fourth-order valence-corrected chi connectivity index (χ4v) is 2.72.